The monoisotopic (exact) mass is 436 g/mol. The minimum absolute atomic E-state index is 0.136. The second-order valence-electron chi connectivity index (χ2n) is 5.55. The Morgan fingerprint density at radius 2 is 1.86 bits per heavy atom. The van der Waals surface area contributed by atoms with Crippen molar-refractivity contribution in [2.45, 2.75) is 0 Å². The van der Waals surface area contributed by atoms with Crippen molar-refractivity contribution < 1.29 is 14.1 Å². The molecule has 0 bridgehead atoms. The molecule has 1 amide bonds. The highest BCUT2D eigenvalue weighted by Crippen LogP contribution is 2.34. The molecular weight excluding hydrogens is 427 g/mol. The summed E-state index contributed by atoms with van der Waals surface area (Å²) in [6.45, 7) is 0. The number of nitro benzene ring substituents is 1. The molecule has 0 aliphatic heterocycles. The first-order valence-electron chi connectivity index (χ1n) is 7.82. The average molecular weight is 438 g/mol. The molecule has 0 aliphatic rings. The maximum Gasteiger partial charge on any atom is 0.271 e. The second kappa shape index (κ2) is 8.48. The largest absolute Gasteiger partial charge is 0.457 e. The molecule has 9 heteroatoms. The molecule has 0 spiro atoms. The Labute approximate surface area is 174 Å². The standard InChI is InChI=1S/C19H11Cl3N2O4/c20-14-7-4-11(24(26)27)10-16(14)23-18(25)9-6-12-5-8-17(28-12)13-2-1-3-15(21)19(13)22/h1-10H,(H,23,25). The number of amides is 1. The van der Waals surface area contributed by atoms with E-state index in [0.717, 1.165) is 0 Å². The molecule has 0 atom stereocenters. The van der Waals surface area contributed by atoms with Gasteiger partial charge in [0.2, 0.25) is 5.91 Å². The number of anilines is 1. The predicted octanol–water partition coefficient (Wildman–Crippen LogP) is 6.47. The van der Waals surface area contributed by atoms with Gasteiger partial charge >= 0.3 is 0 Å². The van der Waals surface area contributed by atoms with Gasteiger partial charge in [-0.1, -0.05) is 40.9 Å². The molecule has 0 saturated heterocycles. The maximum atomic E-state index is 12.1. The Morgan fingerprint density at radius 1 is 1.07 bits per heavy atom. The average Bonchev–Trinajstić information content (AvgIpc) is 3.12. The first-order chi connectivity index (χ1) is 13.3. The summed E-state index contributed by atoms with van der Waals surface area (Å²) in [7, 11) is 0. The molecule has 142 valence electrons. The molecule has 1 N–H and O–H groups in total. The van der Waals surface area contributed by atoms with Crippen LogP contribution in [0.2, 0.25) is 15.1 Å². The van der Waals surface area contributed by atoms with E-state index >= 15 is 0 Å². The van der Waals surface area contributed by atoms with Crippen LogP contribution in [0.4, 0.5) is 11.4 Å². The van der Waals surface area contributed by atoms with Gasteiger partial charge in [0.15, 0.2) is 0 Å². The van der Waals surface area contributed by atoms with E-state index in [-0.39, 0.29) is 16.4 Å². The van der Waals surface area contributed by atoms with Crippen LogP contribution >= 0.6 is 34.8 Å². The zero-order chi connectivity index (χ0) is 20.3. The van der Waals surface area contributed by atoms with Crippen LogP contribution in [0.3, 0.4) is 0 Å². The van der Waals surface area contributed by atoms with Gasteiger partial charge in [-0.25, -0.2) is 0 Å². The number of furan rings is 1. The third-order valence-electron chi connectivity index (χ3n) is 3.66. The van der Waals surface area contributed by atoms with E-state index in [0.29, 0.717) is 27.1 Å². The highest BCUT2D eigenvalue weighted by molar-refractivity contribution is 6.43. The maximum absolute atomic E-state index is 12.1. The summed E-state index contributed by atoms with van der Waals surface area (Å²) < 4.78 is 5.66. The fourth-order valence-electron chi connectivity index (χ4n) is 2.34. The minimum Gasteiger partial charge on any atom is -0.457 e. The molecule has 2 aromatic carbocycles. The molecule has 28 heavy (non-hydrogen) atoms. The first-order valence-corrected chi connectivity index (χ1v) is 8.96. The minimum atomic E-state index is -0.576. The van der Waals surface area contributed by atoms with Crippen molar-refractivity contribution in [2.24, 2.45) is 0 Å². The molecule has 0 radical (unpaired) electrons. The number of nitrogens with one attached hydrogen (secondary N) is 1. The molecule has 0 unspecified atom stereocenters. The van der Waals surface area contributed by atoms with E-state index in [9.17, 15) is 14.9 Å². The summed E-state index contributed by atoms with van der Waals surface area (Å²) in [4.78, 5) is 22.3. The van der Waals surface area contributed by atoms with Gasteiger partial charge in [-0.3, -0.25) is 14.9 Å². The first kappa shape index (κ1) is 19.9. The Kier molecular flexibility index (Phi) is 6.04. The smallest absolute Gasteiger partial charge is 0.271 e. The van der Waals surface area contributed by atoms with Crippen LogP contribution in [0.25, 0.3) is 17.4 Å². The number of halogens is 3. The molecule has 0 fully saturated rings. The molecule has 1 aromatic heterocycles. The number of carbonyl (C=O) groups excluding carboxylic acids is 1. The van der Waals surface area contributed by atoms with Crippen molar-refractivity contribution in [1.29, 1.82) is 0 Å². The van der Waals surface area contributed by atoms with Crippen molar-refractivity contribution in [3.63, 3.8) is 0 Å². The Hall–Kier alpha value is -2.80. The van der Waals surface area contributed by atoms with E-state index < -0.39 is 10.8 Å². The van der Waals surface area contributed by atoms with Crippen molar-refractivity contribution in [1.82, 2.24) is 0 Å². The lowest BCUT2D eigenvalue weighted by Gasteiger charge is -2.04. The highest BCUT2D eigenvalue weighted by Gasteiger charge is 2.12. The lowest BCUT2D eigenvalue weighted by atomic mass is 10.2. The number of nitro groups is 1. The third-order valence-corrected chi connectivity index (χ3v) is 4.81. The molecule has 0 aliphatic carbocycles. The predicted molar refractivity (Wildman–Crippen MR) is 110 cm³/mol. The Morgan fingerprint density at radius 3 is 2.61 bits per heavy atom. The van der Waals surface area contributed by atoms with Crippen LogP contribution < -0.4 is 5.32 Å². The Balaban J connectivity index is 1.74. The molecular formula is C19H11Cl3N2O4. The van der Waals surface area contributed by atoms with E-state index in [1.165, 1.54) is 30.4 Å². The van der Waals surface area contributed by atoms with Gasteiger partial charge in [0.25, 0.3) is 5.69 Å². The van der Waals surface area contributed by atoms with Gasteiger partial charge < -0.3 is 9.73 Å². The Bertz CT molecular complexity index is 1090. The van der Waals surface area contributed by atoms with Crippen molar-refractivity contribution >= 4 is 58.2 Å². The van der Waals surface area contributed by atoms with Gasteiger partial charge in [-0.15, -0.1) is 0 Å². The molecule has 3 aromatic rings. The summed E-state index contributed by atoms with van der Waals surface area (Å²) >= 11 is 18.1. The van der Waals surface area contributed by atoms with Crippen LogP contribution in [0, 0.1) is 10.1 Å². The normalized spacial score (nSPS) is 11.0. The van der Waals surface area contributed by atoms with E-state index in [1.807, 2.05) is 0 Å². The van der Waals surface area contributed by atoms with Crippen molar-refractivity contribution in [2.75, 3.05) is 5.32 Å². The van der Waals surface area contributed by atoms with E-state index in [1.54, 1.807) is 30.3 Å². The van der Waals surface area contributed by atoms with Gasteiger partial charge in [0.05, 0.1) is 25.7 Å². The molecule has 6 nitrogen and oxygen atoms in total. The molecule has 0 saturated carbocycles. The lowest BCUT2D eigenvalue weighted by Crippen LogP contribution is -2.08. The SMILES string of the molecule is O=C(C=Cc1ccc(-c2cccc(Cl)c2Cl)o1)Nc1cc([N+](=O)[O-])ccc1Cl. The van der Waals surface area contributed by atoms with E-state index in [2.05, 4.69) is 5.32 Å². The number of hydrogen-bond donors (Lipinski definition) is 1. The molecule has 1 heterocycles. The lowest BCUT2D eigenvalue weighted by molar-refractivity contribution is -0.384. The van der Waals surface area contributed by atoms with Crippen LogP contribution in [0.1, 0.15) is 5.76 Å². The fraction of sp³-hybridized carbons (Fsp3) is 0. The topological polar surface area (TPSA) is 85.4 Å². The summed E-state index contributed by atoms with van der Waals surface area (Å²) in [5.41, 5.74) is 0.579. The van der Waals surface area contributed by atoms with Gasteiger partial charge in [0.1, 0.15) is 11.5 Å². The number of rotatable bonds is 5. The van der Waals surface area contributed by atoms with Crippen LogP contribution in [0.15, 0.2) is 59.0 Å². The number of non-ortho nitro benzene ring substituents is 1. The quantitative estimate of drug-likeness (QED) is 0.282. The van der Waals surface area contributed by atoms with Crippen molar-refractivity contribution in [3.05, 3.63) is 85.5 Å². The van der Waals surface area contributed by atoms with Gasteiger partial charge in [-0.2, -0.15) is 0 Å². The summed E-state index contributed by atoms with van der Waals surface area (Å²) in [5, 5.41) is 14.3. The van der Waals surface area contributed by atoms with E-state index in [4.69, 9.17) is 39.2 Å². The summed E-state index contributed by atoms with van der Waals surface area (Å²) in [5.74, 6) is 0.377. The zero-order valence-corrected chi connectivity index (χ0v) is 16.3. The number of nitrogens with zero attached hydrogens (tertiary/aromatic N) is 1. The summed E-state index contributed by atoms with van der Waals surface area (Å²) in [6, 6.07) is 12.3. The van der Waals surface area contributed by atoms with Gasteiger partial charge in [-0.05, 0) is 36.4 Å². The van der Waals surface area contributed by atoms with Crippen molar-refractivity contribution in [3.8, 4) is 11.3 Å². The number of carbonyl (C=O) groups is 1. The second-order valence-corrected chi connectivity index (χ2v) is 6.74. The van der Waals surface area contributed by atoms with Crippen LogP contribution in [-0.4, -0.2) is 10.8 Å². The van der Waals surface area contributed by atoms with Gasteiger partial charge in [0, 0.05) is 23.8 Å². The molecule has 3 rings (SSSR count). The fourth-order valence-corrected chi connectivity index (χ4v) is 2.89. The third kappa shape index (κ3) is 4.54. The van der Waals surface area contributed by atoms with Crippen LogP contribution in [-0.2, 0) is 4.79 Å². The summed E-state index contributed by atoms with van der Waals surface area (Å²) in [6.07, 6.45) is 2.67. The zero-order valence-electron chi connectivity index (χ0n) is 14.0. The highest BCUT2D eigenvalue weighted by atomic mass is 35.5. The number of hydrogen-bond acceptors (Lipinski definition) is 4. The number of benzene rings is 2. The van der Waals surface area contributed by atoms with Crippen LogP contribution in [0.5, 0.6) is 0 Å².